The highest BCUT2D eigenvalue weighted by Crippen LogP contribution is 2.47. The van der Waals surface area contributed by atoms with Crippen LogP contribution in [-0.4, -0.2) is 32.6 Å². The molecular weight excluding hydrogens is 444 g/mol. The van der Waals surface area contributed by atoms with Crippen molar-refractivity contribution in [1.29, 1.82) is 0 Å². The van der Waals surface area contributed by atoms with Gasteiger partial charge in [-0.1, -0.05) is 17.7 Å². The van der Waals surface area contributed by atoms with Gasteiger partial charge in [0.15, 0.2) is 23.3 Å². The first-order valence-electron chi connectivity index (χ1n) is 10.6. The maximum atomic E-state index is 13.4. The molecule has 1 spiro atoms. The summed E-state index contributed by atoms with van der Waals surface area (Å²) in [5.74, 6) is 3.38. The number of rotatable bonds is 3. The van der Waals surface area contributed by atoms with Crippen LogP contribution in [0.15, 0.2) is 47.0 Å². The Morgan fingerprint density at radius 3 is 2.82 bits per heavy atom. The van der Waals surface area contributed by atoms with Crippen molar-refractivity contribution >= 4 is 17.4 Å². The second kappa shape index (κ2) is 7.18. The lowest BCUT2D eigenvalue weighted by molar-refractivity contribution is 0.0382. The van der Waals surface area contributed by atoms with Crippen LogP contribution in [-0.2, 0) is 12.1 Å². The number of nitrogens with zero attached hydrogens (tertiary/aromatic N) is 4. The molecule has 0 bridgehead atoms. The van der Waals surface area contributed by atoms with Gasteiger partial charge in [-0.05, 0) is 36.8 Å². The van der Waals surface area contributed by atoms with Gasteiger partial charge in [0.2, 0.25) is 11.4 Å². The van der Waals surface area contributed by atoms with E-state index in [9.17, 15) is 4.79 Å². The third-order valence-corrected chi connectivity index (χ3v) is 6.44. The highest BCUT2D eigenvalue weighted by atomic mass is 35.5. The standard InChI is InChI=1S/C24H19ClN4O4/c1-13-26-12-20(32-13)16-6-4-14(10-19(16)31-2)22-27-28-23-24(8-3-9-29(22)23)21(30)17-11-15(25)5-7-18(17)33-24/h4-7,10-12H,3,8-9H2,1-2H3. The molecule has 2 aromatic carbocycles. The summed E-state index contributed by atoms with van der Waals surface area (Å²) in [4.78, 5) is 17.6. The summed E-state index contributed by atoms with van der Waals surface area (Å²) >= 11 is 6.12. The van der Waals surface area contributed by atoms with Crippen LogP contribution in [0.1, 0.15) is 34.9 Å². The van der Waals surface area contributed by atoms with E-state index in [1.807, 2.05) is 22.8 Å². The number of methoxy groups -OCH3 is 1. The van der Waals surface area contributed by atoms with Crippen LogP contribution in [0.2, 0.25) is 5.02 Å². The zero-order valence-electron chi connectivity index (χ0n) is 18.0. The summed E-state index contributed by atoms with van der Waals surface area (Å²) in [5.41, 5.74) is 0.901. The molecule has 9 heteroatoms. The van der Waals surface area contributed by atoms with Gasteiger partial charge in [-0.15, -0.1) is 10.2 Å². The third-order valence-electron chi connectivity index (χ3n) is 6.21. The number of hydrogen-bond acceptors (Lipinski definition) is 7. The fourth-order valence-corrected chi connectivity index (χ4v) is 4.85. The van der Waals surface area contributed by atoms with E-state index >= 15 is 0 Å². The Labute approximate surface area is 194 Å². The molecule has 0 fully saturated rings. The van der Waals surface area contributed by atoms with Gasteiger partial charge in [-0.3, -0.25) is 4.79 Å². The Hall–Kier alpha value is -3.65. The molecule has 0 aliphatic carbocycles. The van der Waals surface area contributed by atoms with Gasteiger partial charge in [-0.2, -0.15) is 0 Å². The molecule has 4 heterocycles. The molecule has 6 rings (SSSR count). The molecule has 0 radical (unpaired) electrons. The number of aromatic nitrogens is 4. The van der Waals surface area contributed by atoms with E-state index in [-0.39, 0.29) is 5.78 Å². The fraction of sp³-hybridized carbons (Fsp3) is 0.250. The number of aryl methyl sites for hydroxylation is 1. The minimum absolute atomic E-state index is 0.131. The van der Waals surface area contributed by atoms with Crippen molar-refractivity contribution in [3.63, 3.8) is 0 Å². The van der Waals surface area contributed by atoms with E-state index in [4.69, 9.17) is 25.5 Å². The molecule has 2 aliphatic rings. The minimum Gasteiger partial charge on any atom is -0.496 e. The number of benzene rings is 2. The summed E-state index contributed by atoms with van der Waals surface area (Å²) in [5, 5.41) is 9.37. The Morgan fingerprint density at radius 1 is 1.15 bits per heavy atom. The van der Waals surface area contributed by atoms with E-state index in [0.717, 1.165) is 17.5 Å². The number of ketones is 1. The average Bonchev–Trinajstić information content (AvgIpc) is 3.52. The van der Waals surface area contributed by atoms with E-state index in [1.165, 1.54) is 0 Å². The molecule has 2 aliphatic heterocycles. The van der Waals surface area contributed by atoms with Gasteiger partial charge in [0.25, 0.3) is 0 Å². The van der Waals surface area contributed by atoms with E-state index in [2.05, 4.69) is 15.2 Å². The van der Waals surface area contributed by atoms with Crippen molar-refractivity contribution in [2.45, 2.75) is 31.9 Å². The average molecular weight is 463 g/mol. The topological polar surface area (TPSA) is 92.3 Å². The highest BCUT2D eigenvalue weighted by molar-refractivity contribution is 6.31. The SMILES string of the molecule is COc1cc(-c2nnc3n2CCCC32Oc3ccc(Cl)cc3C2=O)ccc1-c1cnc(C)o1. The van der Waals surface area contributed by atoms with Gasteiger partial charge in [0.1, 0.15) is 11.5 Å². The van der Waals surface area contributed by atoms with Crippen molar-refractivity contribution < 1.29 is 18.7 Å². The third kappa shape index (κ3) is 2.90. The summed E-state index contributed by atoms with van der Waals surface area (Å²) in [6.07, 6.45) is 2.95. The zero-order chi connectivity index (χ0) is 22.7. The van der Waals surface area contributed by atoms with Crippen LogP contribution < -0.4 is 9.47 Å². The van der Waals surface area contributed by atoms with Crippen LogP contribution in [0, 0.1) is 6.92 Å². The van der Waals surface area contributed by atoms with Crippen LogP contribution in [0.5, 0.6) is 11.5 Å². The zero-order valence-corrected chi connectivity index (χ0v) is 18.7. The van der Waals surface area contributed by atoms with Crippen LogP contribution in [0.3, 0.4) is 0 Å². The van der Waals surface area contributed by atoms with Crippen molar-refractivity contribution in [2.75, 3.05) is 7.11 Å². The summed E-state index contributed by atoms with van der Waals surface area (Å²) < 4.78 is 19.5. The number of carbonyl (C=O) groups excluding carboxylic acids is 1. The first-order valence-corrected chi connectivity index (χ1v) is 11.0. The maximum Gasteiger partial charge on any atom is 0.230 e. The first kappa shape index (κ1) is 20.0. The number of Topliss-reactive ketones (excluding diaryl/α,β-unsaturated/α-hetero) is 1. The summed E-state index contributed by atoms with van der Waals surface area (Å²) in [6.45, 7) is 2.47. The predicted octanol–water partition coefficient (Wildman–Crippen LogP) is 4.83. The number of halogens is 1. The highest BCUT2D eigenvalue weighted by Gasteiger charge is 2.54. The lowest BCUT2D eigenvalue weighted by Crippen LogP contribution is -2.43. The molecule has 4 aromatic rings. The lowest BCUT2D eigenvalue weighted by atomic mass is 9.87. The molecule has 0 saturated heterocycles. The van der Waals surface area contributed by atoms with E-state index in [0.29, 0.717) is 58.4 Å². The molecule has 166 valence electrons. The van der Waals surface area contributed by atoms with Gasteiger partial charge in [-0.25, -0.2) is 4.98 Å². The Balaban J connectivity index is 1.43. The molecule has 1 atom stereocenters. The molecular formula is C24H19ClN4O4. The van der Waals surface area contributed by atoms with Gasteiger partial charge < -0.3 is 18.5 Å². The number of ether oxygens (including phenoxy) is 2. The van der Waals surface area contributed by atoms with Crippen molar-refractivity contribution in [3.8, 4) is 34.2 Å². The van der Waals surface area contributed by atoms with Crippen LogP contribution in [0.4, 0.5) is 0 Å². The molecule has 0 saturated carbocycles. The van der Waals surface area contributed by atoms with E-state index in [1.54, 1.807) is 38.4 Å². The molecule has 0 amide bonds. The largest absolute Gasteiger partial charge is 0.496 e. The van der Waals surface area contributed by atoms with Crippen molar-refractivity contribution in [3.05, 3.63) is 64.9 Å². The smallest absolute Gasteiger partial charge is 0.230 e. The first-order chi connectivity index (χ1) is 16.0. The molecule has 8 nitrogen and oxygen atoms in total. The monoisotopic (exact) mass is 462 g/mol. The minimum atomic E-state index is -1.18. The van der Waals surface area contributed by atoms with Gasteiger partial charge >= 0.3 is 0 Å². The second-order valence-corrected chi connectivity index (χ2v) is 8.60. The van der Waals surface area contributed by atoms with Crippen LogP contribution in [0.25, 0.3) is 22.7 Å². The molecule has 33 heavy (non-hydrogen) atoms. The number of hydrogen-bond donors (Lipinski definition) is 0. The predicted molar refractivity (Wildman–Crippen MR) is 120 cm³/mol. The molecule has 2 aromatic heterocycles. The van der Waals surface area contributed by atoms with E-state index < -0.39 is 5.60 Å². The Morgan fingerprint density at radius 2 is 2.03 bits per heavy atom. The van der Waals surface area contributed by atoms with Crippen molar-refractivity contribution in [1.82, 2.24) is 19.7 Å². The Kier molecular flexibility index (Phi) is 4.35. The fourth-order valence-electron chi connectivity index (χ4n) is 4.68. The van der Waals surface area contributed by atoms with Gasteiger partial charge in [0.05, 0.1) is 24.4 Å². The Bertz CT molecular complexity index is 1430. The quantitative estimate of drug-likeness (QED) is 0.430. The summed E-state index contributed by atoms with van der Waals surface area (Å²) in [7, 11) is 1.60. The van der Waals surface area contributed by atoms with Gasteiger partial charge in [0, 0.05) is 30.5 Å². The number of fused-ring (bicyclic) bond motifs is 3. The normalized spacial score (nSPS) is 18.8. The van der Waals surface area contributed by atoms with Crippen molar-refractivity contribution in [2.24, 2.45) is 0 Å². The lowest BCUT2D eigenvalue weighted by Gasteiger charge is -2.31. The summed E-state index contributed by atoms with van der Waals surface area (Å²) in [6, 6.07) is 10.8. The molecule has 0 N–H and O–H groups in total. The molecule has 1 unspecified atom stereocenters. The maximum absolute atomic E-state index is 13.4. The number of carbonyl (C=O) groups is 1. The second-order valence-electron chi connectivity index (χ2n) is 8.16. The number of oxazole rings is 1. The van der Waals surface area contributed by atoms with Crippen LogP contribution >= 0.6 is 11.6 Å².